The SMILES string of the molecule is CC(C)n1ccc(CC(O)c2ccc3c(c2)COC3)n1. The lowest BCUT2D eigenvalue weighted by atomic mass is 10.0. The molecule has 0 spiro atoms. The maximum absolute atomic E-state index is 10.4. The molecule has 2 heterocycles. The van der Waals surface area contributed by atoms with Crippen LogP contribution < -0.4 is 0 Å². The number of aromatic nitrogens is 2. The van der Waals surface area contributed by atoms with E-state index in [9.17, 15) is 5.11 Å². The maximum Gasteiger partial charge on any atom is 0.0846 e. The molecule has 0 aliphatic carbocycles. The van der Waals surface area contributed by atoms with Crippen LogP contribution in [0, 0.1) is 0 Å². The third-order valence-electron chi connectivity index (χ3n) is 3.73. The lowest BCUT2D eigenvalue weighted by Crippen LogP contribution is -2.06. The van der Waals surface area contributed by atoms with Crippen molar-refractivity contribution < 1.29 is 9.84 Å². The molecule has 1 N–H and O–H groups in total. The molecule has 1 aromatic carbocycles. The Morgan fingerprint density at radius 1 is 1.25 bits per heavy atom. The van der Waals surface area contributed by atoms with Crippen LogP contribution in [-0.2, 0) is 24.4 Å². The minimum atomic E-state index is -0.517. The van der Waals surface area contributed by atoms with E-state index in [1.807, 2.05) is 35.1 Å². The van der Waals surface area contributed by atoms with Crippen molar-refractivity contribution in [2.45, 2.75) is 45.6 Å². The summed E-state index contributed by atoms with van der Waals surface area (Å²) < 4.78 is 7.32. The standard InChI is InChI=1S/C16H20N2O2/c1-11(2)18-6-5-15(17-18)8-16(19)12-3-4-13-9-20-10-14(13)7-12/h3-7,11,16,19H,8-10H2,1-2H3. The molecule has 2 aromatic rings. The Balaban J connectivity index is 1.73. The van der Waals surface area contributed by atoms with E-state index in [1.165, 1.54) is 11.1 Å². The number of fused-ring (bicyclic) bond motifs is 1. The van der Waals surface area contributed by atoms with E-state index in [0.29, 0.717) is 25.7 Å². The minimum absolute atomic E-state index is 0.345. The molecule has 106 valence electrons. The highest BCUT2D eigenvalue weighted by Gasteiger charge is 2.16. The largest absolute Gasteiger partial charge is 0.388 e. The van der Waals surface area contributed by atoms with Gasteiger partial charge in [0.2, 0.25) is 0 Å². The van der Waals surface area contributed by atoms with Gasteiger partial charge >= 0.3 is 0 Å². The highest BCUT2D eigenvalue weighted by Crippen LogP contribution is 2.25. The monoisotopic (exact) mass is 272 g/mol. The molecule has 1 unspecified atom stereocenters. The molecule has 0 fully saturated rings. The van der Waals surface area contributed by atoms with Crippen molar-refractivity contribution in [3.63, 3.8) is 0 Å². The number of aliphatic hydroxyl groups is 1. The van der Waals surface area contributed by atoms with Crippen molar-refractivity contribution >= 4 is 0 Å². The van der Waals surface area contributed by atoms with Gasteiger partial charge in [0, 0.05) is 18.7 Å². The fraction of sp³-hybridized carbons (Fsp3) is 0.438. The van der Waals surface area contributed by atoms with E-state index in [0.717, 1.165) is 11.3 Å². The highest BCUT2D eigenvalue weighted by molar-refractivity contribution is 5.34. The minimum Gasteiger partial charge on any atom is -0.388 e. The molecule has 4 heteroatoms. The van der Waals surface area contributed by atoms with Crippen LogP contribution >= 0.6 is 0 Å². The summed E-state index contributed by atoms with van der Waals surface area (Å²) in [6, 6.07) is 8.40. The molecule has 3 rings (SSSR count). The van der Waals surface area contributed by atoms with Gasteiger partial charge in [-0.15, -0.1) is 0 Å². The van der Waals surface area contributed by atoms with E-state index < -0.39 is 6.10 Å². The summed E-state index contributed by atoms with van der Waals surface area (Å²) in [5, 5.41) is 14.8. The first-order chi connectivity index (χ1) is 9.63. The first kappa shape index (κ1) is 13.3. The molecule has 20 heavy (non-hydrogen) atoms. The van der Waals surface area contributed by atoms with Crippen molar-refractivity contribution in [2.75, 3.05) is 0 Å². The molecule has 1 atom stereocenters. The smallest absolute Gasteiger partial charge is 0.0846 e. The Bertz CT molecular complexity index is 604. The van der Waals surface area contributed by atoms with E-state index in [-0.39, 0.29) is 0 Å². The van der Waals surface area contributed by atoms with Crippen LogP contribution in [0.4, 0.5) is 0 Å². The van der Waals surface area contributed by atoms with Crippen LogP contribution in [0.2, 0.25) is 0 Å². The predicted molar refractivity (Wildman–Crippen MR) is 76.2 cm³/mol. The molecule has 1 aliphatic heterocycles. The van der Waals surface area contributed by atoms with E-state index >= 15 is 0 Å². The average molecular weight is 272 g/mol. The zero-order valence-corrected chi connectivity index (χ0v) is 11.9. The zero-order chi connectivity index (χ0) is 14.1. The second-order valence-corrected chi connectivity index (χ2v) is 5.62. The van der Waals surface area contributed by atoms with E-state index in [1.54, 1.807) is 0 Å². The highest BCUT2D eigenvalue weighted by atomic mass is 16.5. The number of aliphatic hydroxyl groups excluding tert-OH is 1. The van der Waals surface area contributed by atoms with Crippen molar-refractivity contribution in [3.8, 4) is 0 Å². The Labute approximate surface area is 119 Å². The van der Waals surface area contributed by atoms with Crippen molar-refractivity contribution in [3.05, 3.63) is 52.8 Å². The summed E-state index contributed by atoms with van der Waals surface area (Å²) in [7, 11) is 0. The van der Waals surface area contributed by atoms with Gasteiger partial charge in [-0.1, -0.05) is 18.2 Å². The fourth-order valence-corrected chi connectivity index (χ4v) is 2.49. The summed E-state index contributed by atoms with van der Waals surface area (Å²) in [6.45, 7) is 5.52. The summed E-state index contributed by atoms with van der Waals surface area (Å²) in [5.41, 5.74) is 4.27. The van der Waals surface area contributed by atoms with Crippen LogP contribution in [-0.4, -0.2) is 14.9 Å². The van der Waals surface area contributed by atoms with Crippen molar-refractivity contribution in [1.29, 1.82) is 0 Å². The molecule has 0 amide bonds. The van der Waals surface area contributed by atoms with Crippen LogP contribution in [0.1, 0.15) is 48.4 Å². The number of benzene rings is 1. The number of hydrogen-bond acceptors (Lipinski definition) is 3. The van der Waals surface area contributed by atoms with Gasteiger partial charge < -0.3 is 9.84 Å². The molecule has 1 aliphatic rings. The molecular weight excluding hydrogens is 252 g/mol. The normalized spacial score (nSPS) is 15.6. The van der Waals surface area contributed by atoms with Crippen LogP contribution in [0.5, 0.6) is 0 Å². The quantitative estimate of drug-likeness (QED) is 0.931. The lowest BCUT2D eigenvalue weighted by Gasteiger charge is -2.11. The van der Waals surface area contributed by atoms with Gasteiger partial charge in [-0.2, -0.15) is 5.10 Å². The Morgan fingerprint density at radius 3 is 2.80 bits per heavy atom. The number of ether oxygens (including phenoxy) is 1. The zero-order valence-electron chi connectivity index (χ0n) is 11.9. The van der Waals surface area contributed by atoms with Crippen LogP contribution in [0.15, 0.2) is 30.5 Å². The Hall–Kier alpha value is -1.65. The lowest BCUT2D eigenvalue weighted by molar-refractivity contribution is 0.134. The van der Waals surface area contributed by atoms with Gasteiger partial charge in [-0.05, 0) is 36.6 Å². The van der Waals surface area contributed by atoms with E-state index in [2.05, 4.69) is 18.9 Å². The molecule has 0 saturated heterocycles. The second-order valence-electron chi connectivity index (χ2n) is 5.62. The number of rotatable bonds is 4. The summed E-state index contributed by atoms with van der Waals surface area (Å²) in [6.07, 6.45) is 1.99. The third kappa shape index (κ3) is 2.62. The predicted octanol–water partition coefficient (Wildman–Crippen LogP) is 2.77. The second kappa shape index (κ2) is 5.38. The third-order valence-corrected chi connectivity index (χ3v) is 3.73. The molecule has 0 bridgehead atoms. The van der Waals surface area contributed by atoms with Crippen molar-refractivity contribution in [2.24, 2.45) is 0 Å². The van der Waals surface area contributed by atoms with Gasteiger partial charge in [-0.25, -0.2) is 0 Å². The van der Waals surface area contributed by atoms with Gasteiger partial charge in [0.1, 0.15) is 0 Å². The van der Waals surface area contributed by atoms with Gasteiger partial charge in [0.25, 0.3) is 0 Å². The molecule has 1 aromatic heterocycles. The van der Waals surface area contributed by atoms with Gasteiger partial charge in [-0.3, -0.25) is 4.68 Å². The average Bonchev–Trinajstić information content (AvgIpc) is 3.05. The van der Waals surface area contributed by atoms with Gasteiger partial charge in [0.15, 0.2) is 0 Å². The molecule has 0 saturated carbocycles. The Morgan fingerprint density at radius 2 is 2.05 bits per heavy atom. The number of nitrogens with zero attached hydrogens (tertiary/aromatic N) is 2. The first-order valence-corrected chi connectivity index (χ1v) is 7.05. The molecular formula is C16H20N2O2. The van der Waals surface area contributed by atoms with Crippen LogP contribution in [0.25, 0.3) is 0 Å². The molecule has 0 radical (unpaired) electrons. The summed E-state index contributed by atoms with van der Waals surface area (Å²) in [5.74, 6) is 0. The van der Waals surface area contributed by atoms with Gasteiger partial charge in [0.05, 0.1) is 25.0 Å². The summed E-state index contributed by atoms with van der Waals surface area (Å²) >= 11 is 0. The molecule has 4 nitrogen and oxygen atoms in total. The Kier molecular flexibility index (Phi) is 3.59. The van der Waals surface area contributed by atoms with E-state index in [4.69, 9.17) is 4.74 Å². The number of hydrogen-bond donors (Lipinski definition) is 1. The topological polar surface area (TPSA) is 47.3 Å². The fourth-order valence-electron chi connectivity index (χ4n) is 2.49. The first-order valence-electron chi connectivity index (χ1n) is 7.05. The summed E-state index contributed by atoms with van der Waals surface area (Å²) in [4.78, 5) is 0. The van der Waals surface area contributed by atoms with Crippen molar-refractivity contribution in [1.82, 2.24) is 9.78 Å². The van der Waals surface area contributed by atoms with Crippen LogP contribution in [0.3, 0.4) is 0 Å². The maximum atomic E-state index is 10.4.